The van der Waals surface area contributed by atoms with Crippen LogP contribution in [0.5, 0.6) is 0 Å². The SMILES string of the molecule is O=c1c2cc([N+](=O)[O-])ccc2ncn1Cc1coc(-c2cccc(Cl)c2)n1. The maximum atomic E-state index is 12.7. The third-order valence-electron chi connectivity index (χ3n) is 3.97. The highest BCUT2D eigenvalue weighted by Crippen LogP contribution is 2.22. The van der Waals surface area contributed by atoms with Crippen molar-refractivity contribution in [2.24, 2.45) is 0 Å². The molecule has 27 heavy (non-hydrogen) atoms. The summed E-state index contributed by atoms with van der Waals surface area (Å²) in [5.41, 5.74) is 1.06. The molecule has 0 N–H and O–H groups in total. The van der Waals surface area contributed by atoms with E-state index in [-0.39, 0.29) is 17.6 Å². The summed E-state index contributed by atoms with van der Waals surface area (Å²) in [5.74, 6) is 0.380. The molecular formula is C18H11ClN4O4. The highest BCUT2D eigenvalue weighted by Gasteiger charge is 2.13. The predicted octanol–water partition coefficient (Wildman–Crippen LogP) is 3.66. The summed E-state index contributed by atoms with van der Waals surface area (Å²) in [6.45, 7) is 0.120. The van der Waals surface area contributed by atoms with E-state index in [0.717, 1.165) is 0 Å². The van der Waals surface area contributed by atoms with Crippen LogP contribution in [0.1, 0.15) is 5.69 Å². The molecule has 2 aromatic heterocycles. The molecule has 0 bridgehead atoms. The molecule has 0 fully saturated rings. The summed E-state index contributed by atoms with van der Waals surface area (Å²) >= 11 is 5.97. The Balaban J connectivity index is 1.69. The zero-order valence-corrected chi connectivity index (χ0v) is 14.5. The van der Waals surface area contributed by atoms with Crippen molar-refractivity contribution in [3.8, 4) is 11.5 Å². The quantitative estimate of drug-likeness (QED) is 0.394. The first-order valence-corrected chi connectivity index (χ1v) is 8.23. The van der Waals surface area contributed by atoms with Crippen molar-refractivity contribution in [3.05, 3.63) is 86.2 Å². The van der Waals surface area contributed by atoms with Gasteiger partial charge in [0, 0.05) is 22.7 Å². The number of fused-ring (bicyclic) bond motifs is 1. The average molecular weight is 383 g/mol. The molecule has 0 aliphatic carbocycles. The molecule has 0 saturated carbocycles. The van der Waals surface area contributed by atoms with Gasteiger partial charge in [-0.1, -0.05) is 17.7 Å². The number of nitrogens with zero attached hydrogens (tertiary/aromatic N) is 4. The van der Waals surface area contributed by atoms with Crippen molar-refractivity contribution in [1.82, 2.24) is 14.5 Å². The van der Waals surface area contributed by atoms with Crippen molar-refractivity contribution in [3.63, 3.8) is 0 Å². The number of rotatable bonds is 4. The van der Waals surface area contributed by atoms with Gasteiger partial charge in [-0.05, 0) is 24.3 Å². The summed E-state index contributed by atoms with van der Waals surface area (Å²) in [4.78, 5) is 31.6. The molecule has 0 unspecified atom stereocenters. The second kappa shape index (κ2) is 6.65. The predicted molar refractivity (Wildman–Crippen MR) is 98.7 cm³/mol. The first kappa shape index (κ1) is 16.9. The van der Waals surface area contributed by atoms with Crippen molar-refractivity contribution in [2.45, 2.75) is 6.54 Å². The Morgan fingerprint density at radius 3 is 2.85 bits per heavy atom. The molecule has 0 aliphatic rings. The van der Waals surface area contributed by atoms with Crippen LogP contribution in [0.15, 0.2) is 64.3 Å². The van der Waals surface area contributed by atoms with E-state index in [0.29, 0.717) is 27.7 Å². The molecule has 2 aromatic carbocycles. The number of nitro groups is 1. The van der Waals surface area contributed by atoms with Gasteiger partial charge in [0.05, 0.1) is 34.4 Å². The van der Waals surface area contributed by atoms with Gasteiger partial charge in [0.2, 0.25) is 5.89 Å². The number of nitro benzene ring substituents is 1. The Morgan fingerprint density at radius 2 is 2.07 bits per heavy atom. The fraction of sp³-hybridized carbons (Fsp3) is 0.0556. The normalized spacial score (nSPS) is 11.0. The van der Waals surface area contributed by atoms with Crippen LogP contribution in [0.3, 0.4) is 0 Å². The zero-order valence-electron chi connectivity index (χ0n) is 13.7. The molecule has 0 atom stereocenters. The van der Waals surface area contributed by atoms with Gasteiger partial charge in [-0.25, -0.2) is 9.97 Å². The van der Waals surface area contributed by atoms with Crippen molar-refractivity contribution in [1.29, 1.82) is 0 Å². The van der Waals surface area contributed by atoms with Gasteiger partial charge >= 0.3 is 0 Å². The highest BCUT2D eigenvalue weighted by atomic mass is 35.5. The Morgan fingerprint density at radius 1 is 1.22 bits per heavy atom. The third kappa shape index (κ3) is 3.30. The van der Waals surface area contributed by atoms with Gasteiger partial charge in [-0.15, -0.1) is 0 Å². The third-order valence-corrected chi connectivity index (χ3v) is 4.21. The topological polar surface area (TPSA) is 104 Å². The van der Waals surface area contributed by atoms with E-state index in [1.165, 1.54) is 35.4 Å². The molecule has 8 nitrogen and oxygen atoms in total. The lowest BCUT2D eigenvalue weighted by molar-refractivity contribution is -0.384. The summed E-state index contributed by atoms with van der Waals surface area (Å²) in [5, 5.41) is 11.7. The monoisotopic (exact) mass is 382 g/mol. The second-order valence-electron chi connectivity index (χ2n) is 5.79. The summed E-state index contributed by atoms with van der Waals surface area (Å²) < 4.78 is 6.79. The van der Waals surface area contributed by atoms with Crippen LogP contribution in [0.4, 0.5) is 5.69 Å². The lowest BCUT2D eigenvalue weighted by Gasteiger charge is -2.04. The van der Waals surface area contributed by atoms with Crippen LogP contribution in [0, 0.1) is 10.1 Å². The summed E-state index contributed by atoms with van der Waals surface area (Å²) in [6.07, 6.45) is 2.82. The largest absolute Gasteiger partial charge is 0.444 e. The van der Waals surface area contributed by atoms with E-state index in [1.807, 2.05) is 6.07 Å². The van der Waals surface area contributed by atoms with Crippen LogP contribution >= 0.6 is 11.6 Å². The zero-order chi connectivity index (χ0) is 19.0. The van der Waals surface area contributed by atoms with Crippen molar-refractivity contribution in [2.75, 3.05) is 0 Å². The first-order chi connectivity index (χ1) is 13.0. The van der Waals surface area contributed by atoms with Gasteiger partial charge in [0.25, 0.3) is 11.2 Å². The van der Waals surface area contributed by atoms with Crippen molar-refractivity contribution < 1.29 is 9.34 Å². The number of oxazole rings is 1. The smallest absolute Gasteiger partial charge is 0.270 e. The summed E-state index contributed by atoms with van der Waals surface area (Å²) in [7, 11) is 0. The standard InChI is InChI=1S/C18H11ClN4O4/c19-12-3-1-2-11(6-12)17-21-13(9-27-17)8-22-10-20-16-5-4-14(23(25)26)7-15(16)18(22)24/h1-7,9-10H,8H2. The molecule has 0 spiro atoms. The molecule has 2 heterocycles. The van der Waals surface area contributed by atoms with Gasteiger partial charge < -0.3 is 4.42 Å². The molecular weight excluding hydrogens is 372 g/mol. The Bertz CT molecular complexity index is 1230. The number of hydrogen-bond acceptors (Lipinski definition) is 6. The van der Waals surface area contributed by atoms with Crippen LogP contribution in [-0.2, 0) is 6.54 Å². The molecule has 134 valence electrons. The van der Waals surface area contributed by atoms with Crippen LogP contribution in [0.2, 0.25) is 5.02 Å². The maximum Gasteiger partial charge on any atom is 0.270 e. The molecule has 0 saturated heterocycles. The Hall–Kier alpha value is -3.52. The Labute approximate surface area is 156 Å². The number of non-ortho nitro benzene ring substituents is 1. The molecule has 9 heteroatoms. The number of hydrogen-bond donors (Lipinski definition) is 0. The van der Waals surface area contributed by atoms with Crippen LogP contribution in [-0.4, -0.2) is 19.5 Å². The summed E-state index contributed by atoms with van der Waals surface area (Å²) in [6, 6.07) is 11.0. The first-order valence-electron chi connectivity index (χ1n) is 7.85. The Kier molecular flexibility index (Phi) is 4.17. The van der Waals surface area contributed by atoms with Gasteiger partial charge in [-0.2, -0.15) is 0 Å². The molecule has 4 rings (SSSR count). The van der Waals surface area contributed by atoms with E-state index in [9.17, 15) is 14.9 Å². The minimum Gasteiger partial charge on any atom is -0.444 e. The van der Waals surface area contributed by atoms with E-state index < -0.39 is 10.5 Å². The minimum atomic E-state index is -0.550. The number of benzene rings is 2. The van der Waals surface area contributed by atoms with Gasteiger partial charge in [0.15, 0.2) is 0 Å². The number of aromatic nitrogens is 3. The fourth-order valence-corrected chi connectivity index (χ4v) is 2.87. The maximum absolute atomic E-state index is 12.7. The van der Waals surface area contributed by atoms with Crippen LogP contribution in [0.25, 0.3) is 22.4 Å². The average Bonchev–Trinajstić information content (AvgIpc) is 3.12. The van der Waals surface area contributed by atoms with Gasteiger partial charge in [0.1, 0.15) is 6.26 Å². The highest BCUT2D eigenvalue weighted by molar-refractivity contribution is 6.30. The van der Waals surface area contributed by atoms with E-state index in [4.69, 9.17) is 16.0 Å². The minimum absolute atomic E-state index is 0.120. The lowest BCUT2D eigenvalue weighted by atomic mass is 10.2. The fourth-order valence-electron chi connectivity index (χ4n) is 2.68. The number of halogens is 1. The van der Waals surface area contributed by atoms with E-state index >= 15 is 0 Å². The van der Waals surface area contributed by atoms with E-state index in [2.05, 4.69) is 9.97 Å². The van der Waals surface area contributed by atoms with Gasteiger partial charge in [-0.3, -0.25) is 19.5 Å². The van der Waals surface area contributed by atoms with Crippen molar-refractivity contribution >= 4 is 28.2 Å². The van der Waals surface area contributed by atoms with E-state index in [1.54, 1.807) is 18.2 Å². The second-order valence-corrected chi connectivity index (χ2v) is 6.23. The lowest BCUT2D eigenvalue weighted by Crippen LogP contribution is -2.21. The molecule has 4 aromatic rings. The molecule has 0 radical (unpaired) electrons. The molecule has 0 amide bonds. The molecule has 0 aliphatic heterocycles. The van der Waals surface area contributed by atoms with Crippen LogP contribution < -0.4 is 5.56 Å².